The maximum absolute atomic E-state index is 5.99. The van der Waals surface area contributed by atoms with E-state index in [2.05, 4.69) is 10.1 Å². The molecule has 2 aromatic heterocycles. The van der Waals surface area contributed by atoms with E-state index in [1.165, 1.54) is 11.3 Å². The fourth-order valence-electron chi connectivity index (χ4n) is 1.81. The largest absolute Gasteiger partial charge is 0.497 e. The molecular weight excluding hydrogens is 274 g/mol. The van der Waals surface area contributed by atoms with Gasteiger partial charge < -0.3 is 15.0 Å². The van der Waals surface area contributed by atoms with Crippen molar-refractivity contribution in [1.82, 2.24) is 10.1 Å². The Morgan fingerprint density at radius 2 is 2.20 bits per heavy atom. The first-order chi connectivity index (χ1) is 9.69. The van der Waals surface area contributed by atoms with Gasteiger partial charge in [-0.3, -0.25) is 0 Å². The number of aryl methyl sites for hydroxylation is 1. The van der Waals surface area contributed by atoms with E-state index in [0.717, 1.165) is 21.8 Å². The van der Waals surface area contributed by atoms with E-state index in [4.69, 9.17) is 15.0 Å². The van der Waals surface area contributed by atoms with Crippen molar-refractivity contribution in [1.29, 1.82) is 0 Å². The fourth-order valence-corrected chi connectivity index (χ4v) is 2.71. The number of thiophene rings is 1. The zero-order valence-corrected chi connectivity index (χ0v) is 11.9. The summed E-state index contributed by atoms with van der Waals surface area (Å²) in [7, 11) is 1.62. The molecule has 0 spiro atoms. The Morgan fingerprint density at radius 3 is 2.90 bits per heavy atom. The zero-order valence-electron chi connectivity index (χ0n) is 11.1. The van der Waals surface area contributed by atoms with Crippen molar-refractivity contribution in [3.8, 4) is 27.9 Å². The molecule has 0 amide bonds. The minimum atomic E-state index is 0.443. The molecule has 0 aliphatic heterocycles. The van der Waals surface area contributed by atoms with Gasteiger partial charge in [-0.25, -0.2) is 0 Å². The van der Waals surface area contributed by atoms with Crippen molar-refractivity contribution >= 4 is 17.0 Å². The third-order valence-electron chi connectivity index (χ3n) is 2.97. The third kappa shape index (κ3) is 2.14. The summed E-state index contributed by atoms with van der Waals surface area (Å²) >= 11 is 1.50. The van der Waals surface area contributed by atoms with Crippen molar-refractivity contribution in [3.63, 3.8) is 0 Å². The second-order valence-electron chi connectivity index (χ2n) is 4.32. The number of anilines is 1. The van der Waals surface area contributed by atoms with Crippen LogP contribution in [0.5, 0.6) is 5.75 Å². The first-order valence-corrected chi connectivity index (χ1v) is 6.89. The number of methoxy groups -OCH3 is 1. The number of nitrogen functional groups attached to an aromatic ring is 1. The first kappa shape index (κ1) is 12.7. The van der Waals surface area contributed by atoms with Gasteiger partial charge in [-0.1, -0.05) is 17.3 Å². The second-order valence-corrected chi connectivity index (χ2v) is 5.20. The first-order valence-electron chi connectivity index (χ1n) is 6.01. The van der Waals surface area contributed by atoms with Gasteiger partial charge in [0.2, 0.25) is 5.82 Å². The third-order valence-corrected chi connectivity index (χ3v) is 4.07. The normalized spacial score (nSPS) is 10.7. The molecule has 0 bridgehead atoms. The number of benzene rings is 1. The quantitative estimate of drug-likeness (QED) is 0.799. The van der Waals surface area contributed by atoms with Crippen molar-refractivity contribution in [3.05, 3.63) is 35.2 Å². The summed E-state index contributed by atoms with van der Waals surface area (Å²) in [6, 6.07) is 7.51. The summed E-state index contributed by atoms with van der Waals surface area (Å²) in [4.78, 5) is 5.21. The van der Waals surface area contributed by atoms with Crippen LogP contribution in [0.2, 0.25) is 0 Å². The van der Waals surface area contributed by atoms with Crippen LogP contribution in [0.1, 0.15) is 5.56 Å². The molecule has 0 aliphatic rings. The summed E-state index contributed by atoms with van der Waals surface area (Å²) in [5, 5.41) is 5.97. The highest BCUT2D eigenvalue weighted by atomic mass is 32.1. The molecule has 0 fully saturated rings. The van der Waals surface area contributed by atoms with Gasteiger partial charge in [0.25, 0.3) is 5.89 Å². The number of rotatable bonds is 3. The molecule has 2 N–H and O–H groups in total. The molecule has 3 aromatic rings. The monoisotopic (exact) mass is 287 g/mol. The average molecular weight is 287 g/mol. The zero-order chi connectivity index (χ0) is 14.1. The molecule has 0 aliphatic carbocycles. The summed E-state index contributed by atoms with van der Waals surface area (Å²) in [6.45, 7) is 1.95. The van der Waals surface area contributed by atoms with Crippen LogP contribution in [0.25, 0.3) is 22.2 Å². The standard InChI is InChI=1S/C14H13N3O2S/c1-8-7-20-12(11(8)15)14-16-13(17-19-14)9-4-3-5-10(6-9)18-2/h3-7H,15H2,1-2H3. The van der Waals surface area contributed by atoms with Gasteiger partial charge in [0, 0.05) is 5.56 Å². The van der Waals surface area contributed by atoms with Crippen molar-refractivity contribution in [2.75, 3.05) is 12.8 Å². The Labute approximate surface area is 120 Å². The maximum atomic E-state index is 5.99. The van der Waals surface area contributed by atoms with Gasteiger partial charge in [-0.15, -0.1) is 11.3 Å². The minimum absolute atomic E-state index is 0.443. The van der Waals surface area contributed by atoms with E-state index in [1.54, 1.807) is 7.11 Å². The van der Waals surface area contributed by atoms with Crippen LogP contribution in [0.4, 0.5) is 5.69 Å². The van der Waals surface area contributed by atoms with Crippen LogP contribution in [-0.2, 0) is 0 Å². The van der Waals surface area contributed by atoms with Crippen molar-refractivity contribution in [2.45, 2.75) is 6.92 Å². The van der Waals surface area contributed by atoms with E-state index in [9.17, 15) is 0 Å². The van der Waals surface area contributed by atoms with E-state index in [1.807, 2.05) is 36.6 Å². The SMILES string of the molecule is COc1cccc(-c2noc(-c3scc(C)c3N)n2)c1. The molecule has 0 unspecified atom stereocenters. The molecule has 0 atom stereocenters. The minimum Gasteiger partial charge on any atom is -0.497 e. The average Bonchev–Trinajstić information content (AvgIpc) is 3.07. The van der Waals surface area contributed by atoms with E-state index >= 15 is 0 Å². The van der Waals surface area contributed by atoms with Crippen LogP contribution in [0.15, 0.2) is 34.2 Å². The molecule has 20 heavy (non-hydrogen) atoms. The van der Waals surface area contributed by atoms with Crippen LogP contribution < -0.4 is 10.5 Å². The summed E-state index contributed by atoms with van der Waals surface area (Å²) < 4.78 is 10.5. The number of hydrogen-bond acceptors (Lipinski definition) is 6. The number of nitrogens with two attached hydrogens (primary N) is 1. The Hall–Kier alpha value is -2.34. The van der Waals surface area contributed by atoms with Gasteiger partial charge >= 0.3 is 0 Å². The lowest BCUT2D eigenvalue weighted by Gasteiger charge is -1.99. The number of ether oxygens (including phenoxy) is 1. The Bertz CT molecular complexity index is 748. The molecule has 0 saturated carbocycles. The second kappa shape index (κ2) is 4.97. The highest BCUT2D eigenvalue weighted by Crippen LogP contribution is 2.34. The molecule has 2 heterocycles. The van der Waals surface area contributed by atoms with Crippen molar-refractivity contribution in [2.24, 2.45) is 0 Å². The Balaban J connectivity index is 1.99. The molecular formula is C14H13N3O2S. The van der Waals surface area contributed by atoms with Gasteiger partial charge in [0.1, 0.15) is 10.6 Å². The van der Waals surface area contributed by atoms with Crippen LogP contribution in [0.3, 0.4) is 0 Å². The van der Waals surface area contributed by atoms with E-state index < -0.39 is 0 Å². The molecule has 3 rings (SSSR count). The Morgan fingerprint density at radius 1 is 1.35 bits per heavy atom. The van der Waals surface area contributed by atoms with E-state index in [-0.39, 0.29) is 0 Å². The number of hydrogen-bond donors (Lipinski definition) is 1. The van der Waals surface area contributed by atoms with Gasteiger partial charge in [-0.05, 0) is 30.0 Å². The maximum Gasteiger partial charge on any atom is 0.270 e. The summed E-state index contributed by atoms with van der Waals surface area (Å²) in [5.41, 5.74) is 8.54. The highest BCUT2D eigenvalue weighted by molar-refractivity contribution is 7.14. The lowest BCUT2D eigenvalue weighted by molar-refractivity contribution is 0.414. The number of aromatic nitrogens is 2. The predicted octanol–water partition coefficient (Wildman–Crippen LogP) is 3.36. The summed E-state index contributed by atoms with van der Waals surface area (Å²) in [6.07, 6.45) is 0. The molecule has 102 valence electrons. The lowest BCUT2D eigenvalue weighted by atomic mass is 10.2. The van der Waals surface area contributed by atoms with Crippen LogP contribution in [0, 0.1) is 6.92 Å². The lowest BCUT2D eigenvalue weighted by Crippen LogP contribution is -1.87. The van der Waals surface area contributed by atoms with E-state index in [0.29, 0.717) is 17.4 Å². The van der Waals surface area contributed by atoms with Crippen molar-refractivity contribution < 1.29 is 9.26 Å². The van der Waals surface area contributed by atoms with Crippen LogP contribution in [-0.4, -0.2) is 17.3 Å². The highest BCUT2D eigenvalue weighted by Gasteiger charge is 2.16. The smallest absolute Gasteiger partial charge is 0.270 e. The molecule has 0 saturated heterocycles. The van der Waals surface area contributed by atoms with Gasteiger partial charge in [0.15, 0.2) is 0 Å². The van der Waals surface area contributed by atoms with Crippen LogP contribution >= 0.6 is 11.3 Å². The fraction of sp³-hybridized carbons (Fsp3) is 0.143. The molecule has 1 aromatic carbocycles. The Kier molecular flexibility index (Phi) is 3.15. The number of nitrogens with zero attached hydrogens (tertiary/aromatic N) is 2. The molecule has 0 radical (unpaired) electrons. The van der Waals surface area contributed by atoms with Gasteiger partial charge in [0.05, 0.1) is 12.8 Å². The molecule has 6 heteroatoms. The summed E-state index contributed by atoms with van der Waals surface area (Å²) in [5.74, 6) is 1.71. The van der Waals surface area contributed by atoms with Gasteiger partial charge in [-0.2, -0.15) is 4.98 Å². The predicted molar refractivity (Wildman–Crippen MR) is 78.7 cm³/mol. The topological polar surface area (TPSA) is 74.2 Å². The molecule has 5 nitrogen and oxygen atoms in total.